The molecule has 1 aliphatic heterocycles. The molecular weight excluding hydrogens is 329 g/mol. The maximum absolute atomic E-state index is 14.0. The maximum Gasteiger partial charge on any atom is 0.312 e. The lowest BCUT2D eigenvalue weighted by Crippen LogP contribution is -2.08. The minimum absolute atomic E-state index is 0.0387. The Bertz CT molecular complexity index is 924. The van der Waals surface area contributed by atoms with E-state index in [1.54, 1.807) is 23.0 Å². The fourth-order valence-electron chi connectivity index (χ4n) is 2.93. The smallest absolute Gasteiger partial charge is 0.312 e. The first-order valence-electron chi connectivity index (χ1n) is 7.82. The number of nitrogens with zero attached hydrogens (tertiary/aromatic N) is 4. The summed E-state index contributed by atoms with van der Waals surface area (Å²) in [5, 5.41) is 12.8. The third-order valence-corrected chi connectivity index (χ3v) is 4.06. The number of imidazole rings is 1. The van der Waals surface area contributed by atoms with Gasteiger partial charge in [0, 0.05) is 6.61 Å². The first-order valence-corrected chi connectivity index (χ1v) is 7.82. The van der Waals surface area contributed by atoms with E-state index in [4.69, 9.17) is 9.47 Å². The molecule has 8 nitrogen and oxygen atoms in total. The highest BCUT2D eigenvalue weighted by Crippen LogP contribution is 2.36. The zero-order chi connectivity index (χ0) is 17.4. The quantitative estimate of drug-likeness (QED) is 0.702. The number of methoxy groups -OCH3 is 1. The van der Waals surface area contributed by atoms with Crippen LogP contribution in [0.3, 0.4) is 0 Å². The summed E-state index contributed by atoms with van der Waals surface area (Å²) in [7, 11) is 1.43. The van der Waals surface area contributed by atoms with Gasteiger partial charge in [-0.15, -0.1) is 0 Å². The molecule has 3 heterocycles. The zero-order valence-corrected chi connectivity index (χ0v) is 13.4. The Morgan fingerprint density at radius 2 is 2.28 bits per heavy atom. The molecular formula is C16H16FN5O3. The number of aromatic hydroxyl groups is 1. The van der Waals surface area contributed by atoms with Crippen LogP contribution in [0.2, 0.25) is 0 Å². The second kappa shape index (κ2) is 6.17. The van der Waals surface area contributed by atoms with E-state index in [9.17, 15) is 9.50 Å². The van der Waals surface area contributed by atoms with Crippen LogP contribution in [-0.4, -0.2) is 38.3 Å². The molecule has 4 rings (SSSR count). The lowest BCUT2D eigenvalue weighted by molar-refractivity contribution is 0.0592. The van der Waals surface area contributed by atoms with Crippen molar-refractivity contribution in [2.75, 3.05) is 19.0 Å². The Morgan fingerprint density at radius 1 is 1.40 bits per heavy atom. The average Bonchev–Trinajstić information content (AvgIpc) is 3.24. The molecule has 0 spiro atoms. The number of anilines is 2. The lowest BCUT2D eigenvalue weighted by Gasteiger charge is -2.13. The molecule has 1 saturated heterocycles. The second-order valence-electron chi connectivity index (χ2n) is 5.62. The van der Waals surface area contributed by atoms with E-state index in [1.807, 2.05) is 0 Å². The van der Waals surface area contributed by atoms with Crippen molar-refractivity contribution in [1.82, 2.24) is 19.5 Å². The summed E-state index contributed by atoms with van der Waals surface area (Å²) >= 11 is 0. The second-order valence-corrected chi connectivity index (χ2v) is 5.62. The number of benzene rings is 1. The van der Waals surface area contributed by atoms with Crippen LogP contribution in [0.1, 0.15) is 19.1 Å². The molecule has 2 aromatic heterocycles. The molecule has 2 N–H and O–H groups in total. The highest BCUT2D eigenvalue weighted by atomic mass is 19.1. The van der Waals surface area contributed by atoms with Gasteiger partial charge < -0.3 is 19.9 Å². The minimum atomic E-state index is -0.881. The Hall–Kier alpha value is -2.94. The highest BCUT2D eigenvalue weighted by Gasteiger charge is 2.23. The van der Waals surface area contributed by atoms with Crippen LogP contribution in [0.25, 0.3) is 11.2 Å². The van der Waals surface area contributed by atoms with Gasteiger partial charge in [-0.25, -0.2) is 4.98 Å². The number of halogens is 1. The number of fused-ring (bicyclic) bond motifs is 1. The van der Waals surface area contributed by atoms with Crippen molar-refractivity contribution in [1.29, 1.82) is 0 Å². The van der Waals surface area contributed by atoms with Gasteiger partial charge in [-0.05, 0) is 25.0 Å². The molecule has 0 radical (unpaired) electrons. The van der Waals surface area contributed by atoms with Crippen molar-refractivity contribution >= 4 is 22.7 Å². The van der Waals surface area contributed by atoms with E-state index < -0.39 is 6.08 Å². The van der Waals surface area contributed by atoms with E-state index in [0.29, 0.717) is 23.5 Å². The maximum atomic E-state index is 14.0. The third kappa shape index (κ3) is 2.72. The molecule has 0 saturated carbocycles. The van der Waals surface area contributed by atoms with Crippen LogP contribution >= 0.6 is 0 Å². The molecule has 3 aromatic rings. The van der Waals surface area contributed by atoms with E-state index in [1.165, 1.54) is 13.2 Å². The van der Waals surface area contributed by atoms with Crippen molar-refractivity contribution in [2.45, 2.75) is 19.1 Å². The van der Waals surface area contributed by atoms with Crippen molar-refractivity contribution in [3.63, 3.8) is 0 Å². The topological polar surface area (TPSA) is 94.3 Å². The SMILES string of the molecule is COc1c(O)cccc1Nc1nc(F)nc2c1ncn2C1CCCO1. The molecule has 0 aliphatic carbocycles. The fraction of sp³-hybridized carbons (Fsp3) is 0.312. The monoisotopic (exact) mass is 345 g/mol. The van der Waals surface area contributed by atoms with E-state index >= 15 is 0 Å². The summed E-state index contributed by atoms with van der Waals surface area (Å²) in [5.74, 6) is 0.375. The van der Waals surface area contributed by atoms with Crippen molar-refractivity contribution < 1.29 is 19.0 Å². The first-order chi connectivity index (χ1) is 12.2. The van der Waals surface area contributed by atoms with Crippen LogP contribution in [-0.2, 0) is 4.74 Å². The Labute approximate surface area is 142 Å². The summed E-state index contributed by atoms with van der Waals surface area (Å²) < 4.78 is 26.5. The third-order valence-electron chi connectivity index (χ3n) is 4.06. The van der Waals surface area contributed by atoms with Crippen LogP contribution in [0.15, 0.2) is 24.5 Å². The molecule has 1 atom stereocenters. The average molecular weight is 345 g/mol. The molecule has 1 unspecified atom stereocenters. The standard InChI is InChI=1S/C16H16FN5O3/c1-24-13-9(4-2-5-10(13)23)19-14-12-15(21-16(17)20-14)22(8-18-12)11-6-3-7-25-11/h2,4-5,8,11,23H,3,6-7H2,1H3,(H,19,20,21). The number of rotatable bonds is 4. The van der Waals surface area contributed by atoms with Gasteiger partial charge in [-0.2, -0.15) is 14.4 Å². The van der Waals surface area contributed by atoms with Crippen LogP contribution in [0.5, 0.6) is 11.5 Å². The number of hydrogen-bond donors (Lipinski definition) is 2. The van der Waals surface area contributed by atoms with Gasteiger partial charge in [0.15, 0.2) is 28.5 Å². The fourth-order valence-corrected chi connectivity index (χ4v) is 2.93. The van der Waals surface area contributed by atoms with Gasteiger partial charge in [0.05, 0.1) is 19.1 Å². The van der Waals surface area contributed by atoms with E-state index in [0.717, 1.165) is 12.8 Å². The lowest BCUT2D eigenvalue weighted by atomic mass is 10.2. The van der Waals surface area contributed by atoms with E-state index in [-0.39, 0.29) is 23.5 Å². The summed E-state index contributed by atoms with van der Waals surface area (Å²) in [6.07, 6.45) is 2.24. The number of phenolic OH excluding ortho intramolecular Hbond substituents is 1. The van der Waals surface area contributed by atoms with Gasteiger partial charge in [-0.1, -0.05) is 6.07 Å². The predicted molar refractivity (Wildman–Crippen MR) is 87.4 cm³/mol. The molecule has 0 amide bonds. The Kier molecular flexibility index (Phi) is 3.85. The van der Waals surface area contributed by atoms with Crippen LogP contribution in [0, 0.1) is 6.08 Å². The summed E-state index contributed by atoms with van der Waals surface area (Å²) in [6.45, 7) is 0.656. The van der Waals surface area contributed by atoms with Crippen molar-refractivity contribution in [2.24, 2.45) is 0 Å². The molecule has 0 bridgehead atoms. The van der Waals surface area contributed by atoms with Crippen LogP contribution in [0.4, 0.5) is 15.9 Å². The van der Waals surface area contributed by atoms with Gasteiger partial charge in [-0.3, -0.25) is 4.57 Å². The van der Waals surface area contributed by atoms with Gasteiger partial charge in [0.25, 0.3) is 0 Å². The molecule has 1 aromatic carbocycles. The number of aromatic nitrogens is 4. The molecule has 1 aliphatic rings. The Morgan fingerprint density at radius 3 is 3.04 bits per heavy atom. The van der Waals surface area contributed by atoms with Gasteiger partial charge in [0.2, 0.25) is 0 Å². The first kappa shape index (κ1) is 15.6. The summed E-state index contributed by atoms with van der Waals surface area (Å²) in [4.78, 5) is 12.0. The number of para-hydroxylation sites is 1. The van der Waals surface area contributed by atoms with E-state index in [2.05, 4.69) is 20.3 Å². The summed E-state index contributed by atoms with van der Waals surface area (Å²) in [5.41, 5.74) is 1.19. The predicted octanol–water partition coefficient (Wildman–Crippen LogP) is 2.73. The van der Waals surface area contributed by atoms with Crippen molar-refractivity contribution in [3.05, 3.63) is 30.6 Å². The van der Waals surface area contributed by atoms with Gasteiger partial charge in [0.1, 0.15) is 6.23 Å². The largest absolute Gasteiger partial charge is 0.504 e. The number of ether oxygens (including phenoxy) is 2. The van der Waals surface area contributed by atoms with Crippen LogP contribution < -0.4 is 10.1 Å². The van der Waals surface area contributed by atoms with Crippen molar-refractivity contribution in [3.8, 4) is 11.5 Å². The minimum Gasteiger partial charge on any atom is -0.504 e. The summed E-state index contributed by atoms with van der Waals surface area (Å²) in [6, 6.07) is 4.81. The molecule has 25 heavy (non-hydrogen) atoms. The highest BCUT2D eigenvalue weighted by molar-refractivity contribution is 5.86. The van der Waals surface area contributed by atoms with Gasteiger partial charge >= 0.3 is 6.08 Å². The Balaban J connectivity index is 1.79. The molecule has 130 valence electrons. The molecule has 1 fully saturated rings. The molecule has 9 heteroatoms. The normalized spacial score (nSPS) is 17.1. The number of hydrogen-bond acceptors (Lipinski definition) is 7. The number of phenols is 1. The zero-order valence-electron chi connectivity index (χ0n) is 13.4. The number of nitrogens with one attached hydrogen (secondary N) is 1.